The summed E-state index contributed by atoms with van der Waals surface area (Å²) in [6.45, 7) is 0.966. The summed E-state index contributed by atoms with van der Waals surface area (Å²) in [4.78, 5) is 12.9. The highest BCUT2D eigenvalue weighted by molar-refractivity contribution is 7.89. The van der Waals surface area contributed by atoms with E-state index in [9.17, 15) is 13.7 Å². The smallest absolute Gasteiger partial charge is 0.211 e. The summed E-state index contributed by atoms with van der Waals surface area (Å²) >= 11 is -1.37. The van der Waals surface area contributed by atoms with Crippen molar-refractivity contribution < 1.29 is 13.7 Å². The Bertz CT molecular complexity index is 1140. The molecule has 0 N–H and O–H groups in total. The fourth-order valence-corrected chi connectivity index (χ4v) is 5.57. The number of hydrogen-bond acceptors (Lipinski definition) is 5. The van der Waals surface area contributed by atoms with E-state index in [1.165, 1.54) is 12.1 Å². The van der Waals surface area contributed by atoms with Crippen molar-refractivity contribution in [3.63, 3.8) is 0 Å². The van der Waals surface area contributed by atoms with Gasteiger partial charge in [0.15, 0.2) is 0 Å². The zero-order valence-corrected chi connectivity index (χ0v) is 17.2. The molecule has 0 radical (unpaired) electrons. The van der Waals surface area contributed by atoms with Crippen LogP contribution in [0.1, 0.15) is 17.7 Å². The minimum absolute atomic E-state index is 0.299. The molecule has 0 bridgehead atoms. The van der Waals surface area contributed by atoms with Crippen LogP contribution in [0.3, 0.4) is 0 Å². The van der Waals surface area contributed by atoms with Gasteiger partial charge in [0.1, 0.15) is 18.3 Å². The first-order valence-electron chi connectivity index (χ1n) is 9.65. The quantitative estimate of drug-likeness (QED) is 0.473. The summed E-state index contributed by atoms with van der Waals surface area (Å²) in [5.74, 6) is -0.299. The maximum absolute atomic E-state index is 13.3. The van der Waals surface area contributed by atoms with Gasteiger partial charge in [0.2, 0.25) is 4.90 Å². The molecule has 1 aliphatic carbocycles. The van der Waals surface area contributed by atoms with Crippen molar-refractivity contribution in [2.45, 2.75) is 17.7 Å². The minimum Gasteiger partial charge on any atom is -0.593 e. The van der Waals surface area contributed by atoms with Crippen LogP contribution in [-0.2, 0) is 29.6 Å². The number of piperidine rings is 1. The van der Waals surface area contributed by atoms with Gasteiger partial charge in [-0.25, -0.2) is 9.07 Å². The number of rotatable bonds is 4. The first-order chi connectivity index (χ1) is 14.5. The van der Waals surface area contributed by atoms with Crippen LogP contribution in [0, 0.1) is 11.2 Å². The highest BCUT2D eigenvalue weighted by Crippen LogP contribution is 2.43. The average molecular weight is 425 g/mol. The van der Waals surface area contributed by atoms with Gasteiger partial charge in [0.25, 0.3) is 0 Å². The molecule has 0 saturated carbocycles. The number of benzene rings is 1. The Hall–Kier alpha value is -2.75. The minimum atomic E-state index is -1.37. The molecular weight excluding hydrogens is 405 g/mol. The third-order valence-corrected chi connectivity index (χ3v) is 7.24. The van der Waals surface area contributed by atoms with Gasteiger partial charge in [-0.15, -0.1) is 4.31 Å². The van der Waals surface area contributed by atoms with E-state index in [4.69, 9.17) is 0 Å². The molecule has 3 aromatic rings. The number of carbonyl (C=O) groups excluding carboxylic acids is 1. The van der Waals surface area contributed by atoms with E-state index in [1.807, 2.05) is 10.4 Å². The second-order valence-electron chi connectivity index (χ2n) is 7.78. The molecule has 2 unspecified atom stereocenters. The van der Waals surface area contributed by atoms with Crippen molar-refractivity contribution in [3.8, 4) is 5.69 Å². The van der Waals surface area contributed by atoms with Gasteiger partial charge < -0.3 is 9.35 Å². The number of hydrogen-bond donors (Lipinski definition) is 0. The number of aryl methyl sites for hydroxylation is 1. The number of halogens is 1. The van der Waals surface area contributed by atoms with E-state index in [0.717, 1.165) is 28.8 Å². The topological polar surface area (TPSA) is 79.0 Å². The Morgan fingerprint density at radius 2 is 2.03 bits per heavy atom. The lowest BCUT2D eigenvalue weighted by Gasteiger charge is -2.42. The van der Waals surface area contributed by atoms with Crippen molar-refractivity contribution in [2.75, 3.05) is 13.1 Å². The molecule has 1 aromatic carbocycles. The standard InChI is InChI=1S/C21H20FN5O2S/c1-25-12-19(11-23-25)30(29)26-7-6-16-8-20-15(9-21(16,13-26)14-28)10-24-27(20)18-4-2-17(22)3-5-18/h2-5,8,10-12,14H,6-7,9,13H2,1H3. The molecule has 0 amide bonds. The van der Waals surface area contributed by atoms with Crippen LogP contribution in [0.2, 0.25) is 0 Å². The molecule has 5 rings (SSSR count). The summed E-state index contributed by atoms with van der Waals surface area (Å²) < 4.78 is 31.5. The molecule has 2 aromatic heterocycles. The molecule has 9 heteroatoms. The number of aromatic nitrogens is 4. The molecule has 1 saturated heterocycles. The van der Waals surface area contributed by atoms with E-state index in [-0.39, 0.29) is 5.82 Å². The molecule has 30 heavy (non-hydrogen) atoms. The van der Waals surface area contributed by atoms with Crippen molar-refractivity contribution >= 4 is 23.7 Å². The predicted molar refractivity (Wildman–Crippen MR) is 110 cm³/mol. The fourth-order valence-electron chi connectivity index (χ4n) is 4.28. The lowest BCUT2D eigenvalue weighted by atomic mass is 9.70. The largest absolute Gasteiger partial charge is 0.593 e. The molecule has 7 nitrogen and oxygen atoms in total. The summed E-state index contributed by atoms with van der Waals surface area (Å²) in [5.41, 5.74) is 2.93. The molecule has 1 fully saturated rings. The average Bonchev–Trinajstić information content (AvgIpc) is 3.37. The lowest BCUT2D eigenvalue weighted by molar-refractivity contribution is -0.115. The Kier molecular flexibility index (Phi) is 4.61. The van der Waals surface area contributed by atoms with Gasteiger partial charge >= 0.3 is 0 Å². The molecule has 3 heterocycles. The zero-order valence-electron chi connectivity index (χ0n) is 16.4. The van der Waals surface area contributed by atoms with Crippen LogP contribution >= 0.6 is 0 Å². The van der Waals surface area contributed by atoms with Gasteiger partial charge in [-0.2, -0.15) is 10.2 Å². The van der Waals surface area contributed by atoms with Gasteiger partial charge in [0, 0.05) is 13.6 Å². The van der Waals surface area contributed by atoms with Crippen LogP contribution in [0.15, 0.2) is 53.3 Å². The van der Waals surface area contributed by atoms with Gasteiger partial charge in [0.05, 0.1) is 47.1 Å². The van der Waals surface area contributed by atoms with E-state index in [0.29, 0.717) is 30.8 Å². The Labute approximate surface area is 176 Å². The van der Waals surface area contributed by atoms with Crippen molar-refractivity contribution in [1.82, 2.24) is 23.9 Å². The van der Waals surface area contributed by atoms with Crippen LogP contribution in [0.5, 0.6) is 0 Å². The highest BCUT2D eigenvalue weighted by atomic mass is 32.2. The van der Waals surface area contributed by atoms with Crippen LogP contribution in [0.25, 0.3) is 11.8 Å². The number of carbonyl (C=O) groups is 1. The summed E-state index contributed by atoms with van der Waals surface area (Å²) in [5, 5.41) is 8.57. The lowest BCUT2D eigenvalue weighted by Crippen LogP contribution is -2.50. The van der Waals surface area contributed by atoms with E-state index in [2.05, 4.69) is 10.2 Å². The van der Waals surface area contributed by atoms with Crippen LogP contribution in [-0.4, -0.2) is 47.8 Å². The molecular formula is C21H20FN5O2S. The third kappa shape index (κ3) is 3.10. The second-order valence-corrected chi connectivity index (χ2v) is 9.26. The number of aldehydes is 1. The summed E-state index contributed by atoms with van der Waals surface area (Å²) in [6, 6.07) is 6.17. The number of fused-ring (bicyclic) bond motifs is 2. The van der Waals surface area contributed by atoms with E-state index in [1.54, 1.807) is 47.1 Å². The molecule has 154 valence electrons. The van der Waals surface area contributed by atoms with Gasteiger partial charge in [-0.1, -0.05) is 5.57 Å². The van der Waals surface area contributed by atoms with Crippen molar-refractivity contribution in [2.24, 2.45) is 12.5 Å². The van der Waals surface area contributed by atoms with E-state index < -0.39 is 16.8 Å². The monoisotopic (exact) mass is 425 g/mol. The van der Waals surface area contributed by atoms with Gasteiger partial charge in [-0.3, -0.25) is 4.68 Å². The van der Waals surface area contributed by atoms with Crippen molar-refractivity contribution in [1.29, 1.82) is 0 Å². The Morgan fingerprint density at radius 1 is 1.23 bits per heavy atom. The Morgan fingerprint density at radius 3 is 2.73 bits per heavy atom. The SMILES string of the molecule is Cn1cc([S+]([O-])N2CCC3=Cc4c(cnn4-c4ccc(F)cc4)CC3(C=O)C2)cn1. The maximum atomic E-state index is 13.3. The molecule has 1 aliphatic heterocycles. The van der Waals surface area contributed by atoms with Gasteiger partial charge in [-0.05, 0) is 48.7 Å². The normalized spacial score (nSPS) is 22.2. The van der Waals surface area contributed by atoms with Crippen molar-refractivity contribution in [3.05, 3.63) is 65.5 Å². The maximum Gasteiger partial charge on any atom is 0.211 e. The zero-order chi connectivity index (χ0) is 20.9. The summed E-state index contributed by atoms with van der Waals surface area (Å²) in [7, 11) is 1.78. The number of nitrogens with zero attached hydrogens (tertiary/aromatic N) is 5. The molecule has 2 atom stereocenters. The fraction of sp³-hybridized carbons (Fsp3) is 0.286. The third-order valence-electron chi connectivity index (χ3n) is 5.85. The molecule has 0 spiro atoms. The second kappa shape index (κ2) is 7.19. The first kappa shape index (κ1) is 19.2. The predicted octanol–water partition coefficient (Wildman–Crippen LogP) is 2.30. The first-order valence-corrected chi connectivity index (χ1v) is 10.8. The van der Waals surface area contributed by atoms with Crippen LogP contribution < -0.4 is 0 Å². The Balaban J connectivity index is 1.47. The highest BCUT2D eigenvalue weighted by Gasteiger charge is 2.46. The van der Waals surface area contributed by atoms with Crippen LogP contribution in [0.4, 0.5) is 4.39 Å². The summed E-state index contributed by atoms with van der Waals surface area (Å²) in [6.07, 6.45) is 9.24. The van der Waals surface area contributed by atoms with E-state index >= 15 is 0 Å². The molecule has 2 aliphatic rings.